The van der Waals surface area contributed by atoms with E-state index in [1.807, 2.05) is 30.3 Å². The highest BCUT2D eigenvalue weighted by molar-refractivity contribution is 5.91. The van der Waals surface area contributed by atoms with E-state index in [9.17, 15) is 9.59 Å². The number of alkyl carbamates (subject to hydrolysis) is 1. The minimum atomic E-state index is -0.474. The Labute approximate surface area is 164 Å². The first kappa shape index (κ1) is 19.9. The van der Waals surface area contributed by atoms with Gasteiger partial charge in [0.05, 0.1) is 0 Å². The zero-order valence-corrected chi connectivity index (χ0v) is 15.8. The highest BCUT2D eigenvalue weighted by atomic mass is 16.5. The van der Waals surface area contributed by atoms with Crippen molar-refractivity contribution in [1.82, 2.24) is 20.9 Å². The van der Waals surface area contributed by atoms with Crippen LogP contribution >= 0.6 is 0 Å². The summed E-state index contributed by atoms with van der Waals surface area (Å²) in [6.45, 7) is 2.94. The van der Waals surface area contributed by atoms with Gasteiger partial charge in [0.25, 0.3) is 5.91 Å². The van der Waals surface area contributed by atoms with E-state index in [-0.39, 0.29) is 18.4 Å². The molecule has 0 bridgehead atoms. The summed E-state index contributed by atoms with van der Waals surface area (Å²) in [5, 5.41) is 8.73. The average molecular weight is 386 g/mol. The van der Waals surface area contributed by atoms with E-state index in [1.54, 1.807) is 0 Å². The van der Waals surface area contributed by atoms with E-state index >= 15 is 0 Å². The van der Waals surface area contributed by atoms with Crippen LogP contribution in [0.1, 0.15) is 47.1 Å². The van der Waals surface area contributed by atoms with Gasteiger partial charge in [0.15, 0.2) is 11.6 Å². The maximum Gasteiger partial charge on any atom is 0.407 e. The summed E-state index contributed by atoms with van der Waals surface area (Å²) in [5.74, 6) is 0.638. The van der Waals surface area contributed by atoms with E-state index in [1.165, 1.54) is 6.26 Å². The number of oxazole rings is 1. The molecule has 0 radical (unpaired) electrons. The number of hydrogen-bond donors (Lipinski definition) is 3. The van der Waals surface area contributed by atoms with Gasteiger partial charge in [-0.3, -0.25) is 4.79 Å². The van der Waals surface area contributed by atoms with Gasteiger partial charge in [-0.2, -0.15) is 0 Å². The topological polar surface area (TPSA) is 105 Å². The van der Waals surface area contributed by atoms with Gasteiger partial charge in [-0.15, -0.1) is 0 Å². The van der Waals surface area contributed by atoms with Crippen LogP contribution in [0.25, 0.3) is 0 Å². The van der Waals surface area contributed by atoms with Crippen molar-refractivity contribution >= 4 is 12.0 Å². The normalized spacial score (nSPS) is 14.4. The second kappa shape index (κ2) is 10.5. The van der Waals surface area contributed by atoms with Gasteiger partial charge in [0.1, 0.15) is 12.9 Å². The molecular formula is C20H26N4O4. The van der Waals surface area contributed by atoms with E-state index in [0.717, 1.165) is 31.5 Å². The van der Waals surface area contributed by atoms with E-state index in [0.29, 0.717) is 31.1 Å². The Bertz CT molecular complexity index is 757. The lowest BCUT2D eigenvalue weighted by Gasteiger charge is -2.19. The van der Waals surface area contributed by atoms with Crippen LogP contribution in [-0.2, 0) is 11.3 Å². The fraction of sp³-hybridized carbons (Fsp3) is 0.450. The largest absolute Gasteiger partial charge is 0.448 e. The maximum atomic E-state index is 12.1. The van der Waals surface area contributed by atoms with Gasteiger partial charge in [-0.05, 0) is 37.9 Å². The number of piperidine rings is 1. The molecule has 1 aromatic carbocycles. The first-order chi connectivity index (χ1) is 13.7. The third kappa shape index (κ3) is 6.09. The molecule has 0 atom stereocenters. The van der Waals surface area contributed by atoms with Crippen LogP contribution in [-0.4, -0.2) is 43.2 Å². The number of rotatable bonds is 8. The van der Waals surface area contributed by atoms with Gasteiger partial charge < -0.3 is 25.1 Å². The van der Waals surface area contributed by atoms with E-state index in [2.05, 4.69) is 20.9 Å². The summed E-state index contributed by atoms with van der Waals surface area (Å²) in [6, 6.07) is 9.48. The van der Waals surface area contributed by atoms with E-state index < -0.39 is 6.09 Å². The number of carbonyl (C=O) groups excluding carboxylic acids is 2. The molecular weight excluding hydrogens is 360 g/mol. The molecule has 2 amide bonds. The summed E-state index contributed by atoms with van der Waals surface area (Å²) in [7, 11) is 0. The molecule has 28 heavy (non-hydrogen) atoms. The van der Waals surface area contributed by atoms with Crippen LogP contribution in [0.15, 0.2) is 41.0 Å². The van der Waals surface area contributed by atoms with Crippen molar-refractivity contribution in [2.45, 2.75) is 31.8 Å². The molecule has 0 saturated carbocycles. The summed E-state index contributed by atoms with van der Waals surface area (Å²) in [6.07, 6.45) is 3.46. The predicted molar refractivity (Wildman–Crippen MR) is 103 cm³/mol. The Morgan fingerprint density at radius 3 is 2.68 bits per heavy atom. The number of nitrogens with one attached hydrogen (secondary N) is 3. The number of carbonyl (C=O) groups is 2. The highest BCUT2D eigenvalue weighted by Crippen LogP contribution is 2.24. The quantitative estimate of drug-likeness (QED) is 0.601. The molecule has 8 heteroatoms. The minimum Gasteiger partial charge on any atom is -0.448 e. The number of nitrogens with zero attached hydrogens (tertiary/aromatic N) is 1. The molecule has 3 rings (SSSR count). The van der Waals surface area contributed by atoms with Gasteiger partial charge >= 0.3 is 6.09 Å². The number of hydrogen-bond acceptors (Lipinski definition) is 6. The molecule has 3 N–H and O–H groups in total. The van der Waals surface area contributed by atoms with Crippen LogP contribution in [0, 0.1) is 0 Å². The number of benzene rings is 1. The van der Waals surface area contributed by atoms with Crippen molar-refractivity contribution in [3.8, 4) is 0 Å². The van der Waals surface area contributed by atoms with Gasteiger partial charge in [-0.25, -0.2) is 9.78 Å². The van der Waals surface area contributed by atoms with Crippen LogP contribution < -0.4 is 16.0 Å². The minimum absolute atomic E-state index is 0.231. The van der Waals surface area contributed by atoms with Crippen molar-refractivity contribution in [3.63, 3.8) is 0 Å². The molecule has 1 aliphatic rings. The second-order valence-electron chi connectivity index (χ2n) is 6.69. The molecule has 1 aromatic heterocycles. The fourth-order valence-corrected chi connectivity index (χ4v) is 2.99. The molecule has 150 valence electrons. The molecule has 2 aromatic rings. The standard InChI is InChI=1S/C20H26N4O4/c25-18(17-14-27-19(24-17)16-7-11-21-12-8-16)22-9-4-10-23-20(26)28-13-15-5-2-1-3-6-15/h1-3,5-6,14,16,21H,4,7-13H2,(H,22,25)(H,23,26). The van der Waals surface area contributed by atoms with Gasteiger partial charge in [-0.1, -0.05) is 30.3 Å². The Morgan fingerprint density at radius 1 is 1.14 bits per heavy atom. The molecule has 0 spiro atoms. The van der Waals surface area contributed by atoms with E-state index in [4.69, 9.17) is 9.15 Å². The lowest BCUT2D eigenvalue weighted by atomic mass is 9.98. The summed E-state index contributed by atoms with van der Waals surface area (Å²) >= 11 is 0. The second-order valence-corrected chi connectivity index (χ2v) is 6.69. The number of amides is 2. The molecule has 0 unspecified atom stereocenters. The molecule has 2 heterocycles. The third-order valence-electron chi connectivity index (χ3n) is 4.56. The van der Waals surface area contributed by atoms with Gasteiger partial charge in [0.2, 0.25) is 0 Å². The first-order valence-electron chi connectivity index (χ1n) is 9.61. The zero-order chi connectivity index (χ0) is 19.6. The maximum absolute atomic E-state index is 12.1. The lowest BCUT2D eigenvalue weighted by molar-refractivity contribution is 0.0948. The summed E-state index contributed by atoms with van der Waals surface area (Å²) < 4.78 is 10.6. The lowest BCUT2D eigenvalue weighted by Crippen LogP contribution is -2.30. The SMILES string of the molecule is O=C(NCCCNC(=O)c1coc(C2CCNCC2)n1)OCc1ccccc1. The summed E-state index contributed by atoms with van der Waals surface area (Å²) in [5.41, 5.74) is 1.23. The highest BCUT2D eigenvalue weighted by Gasteiger charge is 2.21. The molecule has 1 saturated heterocycles. The van der Waals surface area contributed by atoms with Crippen LogP contribution in [0.2, 0.25) is 0 Å². The zero-order valence-electron chi connectivity index (χ0n) is 15.8. The van der Waals surface area contributed by atoms with Crippen LogP contribution in [0.4, 0.5) is 4.79 Å². The number of ether oxygens (including phenoxy) is 1. The van der Waals surface area contributed by atoms with Crippen molar-refractivity contribution < 1.29 is 18.7 Å². The fourth-order valence-electron chi connectivity index (χ4n) is 2.99. The molecule has 1 aliphatic heterocycles. The smallest absolute Gasteiger partial charge is 0.407 e. The molecule has 8 nitrogen and oxygen atoms in total. The summed E-state index contributed by atoms with van der Waals surface area (Å²) in [4.78, 5) is 28.1. The van der Waals surface area contributed by atoms with Crippen molar-refractivity contribution in [2.24, 2.45) is 0 Å². The Balaban J connectivity index is 1.29. The van der Waals surface area contributed by atoms with Gasteiger partial charge in [0, 0.05) is 19.0 Å². The monoisotopic (exact) mass is 386 g/mol. The Hall–Kier alpha value is -2.87. The Morgan fingerprint density at radius 2 is 1.89 bits per heavy atom. The molecule has 1 fully saturated rings. The van der Waals surface area contributed by atoms with Crippen LogP contribution in [0.3, 0.4) is 0 Å². The third-order valence-corrected chi connectivity index (χ3v) is 4.56. The Kier molecular flexibility index (Phi) is 7.43. The first-order valence-corrected chi connectivity index (χ1v) is 9.61. The van der Waals surface area contributed by atoms with Crippen LogP contribution in [0.5, 0.6) is 0 Å². The van der Waals surface area contributed by atoms with Crippen molar-refractivity contribution in [3.05, 3.63) is 53.7 Å². The van der Waals surface area contributed by atoms with Crippen molar-refractivity contribution in [2.75, 3.05) is 26.2 Å². The predicted octanol–water partition coefficient (Wildman–Crippen LogP) is 2.19. The molecule has 0 aliphatic carbocycles. The van der Waals surface area contributed by atoms with Crippen molar-refractivity contribution in [1.29, 1.82) is 0 Å². The number of aromatic nitrogens is 1. The average Bonchev–Trinajstić information content (AvgIpc) is 3.24.